The second kappa shape index (κ2) is 4.64. The monoisotopic (exact) mass is 300 g/mol. The largest absolute Gasteiger partial charge is 0.395 e. The molecule has 2 fully saturated rings. The number of rotatable bonds is 1. The van der Waals surface area contributed by atoms with Crippen LogP contribution in [0.15, 0.2) is 23.8 Å². The number of hydrogen-bond donors (Lipinski definition) is 1. The Morgan fingerprint density at radius 3 is 2.82 bits per heavy atom. The van der Waals surface area contributed by atoms with Gasteiger partial charge in [0.15, 0.2) is 11.6 Å². The lowest BCUT2D eigenvalue weighted by Crippen LogP contribution is -2.53. The van der Waals surface area contributed by atoms with Gasteiger partial charge in [-0.3, -0.25) is 9.59 Å². The molecular formula is C19H24O3. The Hall–Kier alpha value is -1.22. The van der Waals surface area contributed by atoms with E-state index in [-0.39, 0.29) is 29.5 Å². The van der Waals surface area contributed by atoms with Crippen molar-refractivity contribution in [3.63, 3.8) is 0 Å². The van der Waals surface area contributed by atoms with Crippen LogP contribution in [0.1, 0.15) is 45.4 Å². The fourth-order valence-electron chi connectivity index (χ4n) is 5.94. The van der Waals surface area contributed by atoms with Crippen molar-refractivity contribution in [2.24, 2.45) is 28.6 Å². The third-order valence-corrected chi connectivity index (χ3v) is 7.27. The second-order valence-corrected chi connectivity index (χ2v) is 7.96. The van der Waals surface area contributed by atoms with Crippen LogP contribution in [-0.4, -0.2) is 23.3 Å². The summed E-state index contributed by atoms with van der Waals surface area (Å²) in [6.07, 6.45) is 11.1. The van der Waals surface area contributed by atoms with E-state index < -0.39 is 5.41 Å². The summed E-state index contributed by atoms with van der Waals surface area (Å²) in [5.74, 6) is 1.62. The van der Waals surface area contributed by atoms with Crippen LogP contribution in [0.5, 0.6) is 0 Å². The van der Waals surface area contributed by atoms with Gasteiger partial charge in [0.1, 0.15) is 0 Å². The Labute approximate surface area is 131 Å². The van der Waals surface area contributed by atoms with Gasteiger partial charge in [0.2, 0.25) is 0 Å². The molecule has 5 atom stereocenters. The summed E-state index contributed by atoms with van der Waals surface area (Å²) in [5, 5.41) is 9.93. The average Bonchev–Trinajstić information content (AvgIpc) is 2.86. The number of aliphatic hydroxyl groups excluding tert-OH is 1. The first kappa shape index (κ1) is 14.4. The summed E-state index contributed by atoms with van der Waals surface area (Å²) < 4.78 is 0. The van der Waals surface area contributed by atoms with E-state index in [0.29, 0.717) is 18.3 Å². The number of carbonyl (C=O) groups is 2. The molecule has 4 aliphatic carbocycles. The molecule has 4 aliphatic rings. The summed E-state index contributed by atoms with van der Waals surface area (Å²) >= 11 is 0. The van der Waals surface area contributed by atoms with E-state index in [1.54, 1.807) is 6.08 Å². The maximum absolute atomic E-state index is 12.3. The zero-order chi connectivity index (χ0) is 15.5. The Morgan fingerprint density at radius 1 is 1.23 bits per heavy atom. The smallest absolute Gasteiger partial charge is 0.164 e. The minimum Gasteiger partial charge on any atom is -0.395 e. The number of ketones is 2. The molecule has 0 spiro atoms. The third kappa shape index (κ3) is 1.66. The van der Waals surface area contributed by atoms with Crippen molar-refractivity contribution in [2.75, 3.05) is 6.61 Å². The van der Waals surface area contributed by atoms with Crippen LogP contribution in [0.3, 0.4) is 0 Å². The molecule has 0 radical (unpaired) electrons. The highest BCUT2D eigenvalue weighted by atomic mass is 16.3. The van der Waals surface area contributed by atoms with Gasteiger partial charge in [-0.05, 0) is 67.4 Å². The Balaban J connectivity index is 1.72. The molecule has 4 rings (SSSR count). The van der Waals surface area contributed by atoms with Crippen LogP contribution in [0.4, 0.5) is 0 Å². The lowest BCUT2D eigenvalue weighted by atomic mass is 9.47. The molecule has 0 heterocycles. The van der Waals surface area contributed by atoms with Crippen molar-refractivity contribution >= 4 is 11.6 Å². The second-order valence-electron chi connectivity index (χ2n) is 7.96. The number of carbonyl (C=O) groups excluding carboxylic acids is 2. The van der Waals surface area contributed by atoms with Crippen LogP contribution in [0.25, 0.3) is 0 Å². The lowest BCUT2D eigenvalue weighted by Gasteiger charge is -2.56. The van der Waals surface area contributed by atoms with Crippen LogP contribution < -0.4 is 0 Å². The van der Waals surface area contributed by atoms with Crippen molar-refractivity contribution < 1.29 is 14.7 Å². The van der Waals surface area contributed by atoms with E-state index >= 15 is 0 Å². The number of aliphatic hydroxyl groups is 1. The fraction of sp³-hybridized carbons (Fsp3) is 0.684. The van der Waals surface area contributed by atoms with Crippen LogP contribution in [-0.2, 0) is 9.59 Å². The van der Waals surface area contributed by atoms with Gasteiger partial charge in [-0.1, -0.05) is 18.6 Å². The summed E-state index contributed by atoms with van der Waals surface area (Å²) in [4.78, 5) is 24.1. The minimum atomic E-state index is -0.538. The zero-order valence-electron chi connectivity index (χ0n) is 13.2. The van der Waals surface area contributed by atoms with Gasteiger partial charge in [-0.2, -0.15) is 0 Å². The topological polar surface area (TPSA) is 54.4 Å². The predicted molar refractivity (Wildman–Crippen MR) is 83.0 cm³/mol. The van der Waals surface area contributed by atoms with E-state index in [1.165, 1.54) is 5.57 Å². The molecular weight excluding hydrogens is 276 g/mol. The Bertz CT molecular complexity index is 602. The average molecular weight is 300 g/mol. The molecule has 3 nitrogen and oxygen atoms in total. The summed E-state index contributed by atoms with van der Waals surface area (Å²) in [5.41, 5.74) is 0.927. The molecule has 0 unspecified atom stereocenters. The quantitative estimate of drug-likeness (QED) is 0.810. The molecule has 22 heavy (non-hydrogen) atoms. The Kier molecular flexibility index (Phi) is 3.03. The van der Waals surface area contributed by atoms with Crippen molar-refractivity contribution in [1.29, 1.82) is 0 Å². The van der Waals surface area contributed by atoms with Crippen molar-refractivity contribution in [1.82, 2.24) is 0 Å². The first-order valence-electron chi connectivity index (χ1n) is 8.59. The Morgan fingerprint density at radius 2 is 2.05 bits per heavy atom. The van der Waals surface area contributed by atoms with E-state index in [9.17, 15) is 14.7 Å². The maximum atomic E-state index is 12.3. The number of fused-ring (bicyclic) bond motifs is 5. The predicted octanol–water partition coefficient (Wildman–Crippen LogP) is 2.84. The summed E-state index contributed by atoms with van der Waals surface area (Å²) in [7, 11) is 0. The van der Waals surface area contributed by atoms with Gasteiger partial charge < -0.3 is 5.11 Å². The van der Waals surface area contributed by atoms with Gasteiger partial charge in [0.25, 0.3) is 0 Å². The minimum absolute atomic E-state index is 0.0232. The summed E-state index contributed by atoms with van der Waals surface area (Å²) in [6, 6.07) is 0. The molecule has 0 saturated heterocycles. The molecule has 0 aromatic carbocycles. The number of allylic oxidation sites excluding steroid dienone is 4. The molecule has 1 N–H and O–H groups in total. The van der Waals surface area contributed by atoms with Gasteiger partial charge in [-0.15, -0.1) is 0 Å². The molecule has 0 amide bonds. The van der Waals surface area contributed by atoms with E-state index in [1.807, 2.05) is 6.08 Å². The highest BCUT2D eigenvalue weighted by Crippen LogP contribution is 2.63. The zero-order valence-corrected chi connectivity index (χ0v) is 13.2. The van der Waals surface area contributed by atoms with Gasteiger partial charge in [-0.25, -0.2) is 0 Å². The first-order valence-corrected chi connectivity index (χ1v) is 8.59. The first-order chi connectivity index (χ1) is 10.5. The molecule has 3 heteroatoms. The van der Waals surface area contributed by atoms with Crippen LogP contribution >= 0.6 is 0 Å². The highest BCUT2D eigenvalue weighted by Gasteiger charge is 2.59. The normalized spacial score (nSPS) is 46.8. The van der Waals surface area contributed by atoms with Crippen molar-refractivity contribution in [3.8, 4) is 0 Å². The van der Waals surface area contributed by atoms with Gasteiger partial charge in [0, 0.05) is 6.42 Å². The third-order valence-electron chi connectivity index (χ3n) is 7.27. The van der Waals surface area contributed by atoms with Crippen molar-refractivity contribution in [2.45, 2.75) is 45.4 Å². The van der Waals surface area contributed by atoms with E-state index in [2.05, 4.69) is 13.0 Å². The molecule has 0 aromatic rings. The lowest BCUT2D eigenvalue weighted by molar-refractivity contribution is -0.136. The standard InChI is InChI=1S/C19H24O3/c1-18-8-6-13(21)10-12(18)2-3-14-15(18)7-9-19(11-20)16(14)4-5-17(19)22/h4-5,10,14-16,20H,2-3,6-9,11H2,1H3/t14-,15+,16+,18+,19-/m1/s1. The van der Waals surface area contributed by atoms with E-state index in [0.717, 1.165) is 32.1 Å². The highest BCUT2D eigenvalue weighted by molar-refractivity contribution is 5.98. The fourth-order valence-corrected chi connectivity index (χ4v) is 5.94. The summed E-state index contributed by atoms with van der Waals surface area (Å²) in [6.45, 7) is 2.30. The molecule has 118 valence electrons. The van der Waals surface area contributed by atoms with Crippen LogP contribution in [0, 0.1) is 28.6 Å². The number of hydrogen-bond acceptors (Lipinski definition) is 3. The molecule has 0 bridgehead atoms. The molecule has 0 aliphatic heterocycles. The van der Waals surface area contributed by atoms with Crippen LogP contribution in [0.2, 0.25) is 0 Å². The van der Waals surface area contributed by atoms with E-state index in [4.69, 9.17) is 0 Å². The van der Waals surface area contributed by atoms with Gasteiger partial charge in [0.05, 0.1) is 12.0 Å². The molecule has 0 aromatic heterocycles. The molecule has 2 saturated carbocycles. The maximum Gasteiger partial charge on any atom is 0.164 e. The van der Waals surface area contributed by atoms with Crippen molar-refractivity contribution in [3.05, 3.63) is 23.8 Å². The van der Waals surface area contributed by atoms with Gasteiger partial charge >= 0.3 is 0 Å². The SMILES string of the molecule is C[C@]12CCC(=O)C=C1CC[C@H]1[C@@H]3C=CC(=O)[C@@]3(CO)CC[C@@H]12.